The normalized spacial score (nSPS) is 10.1. The van der Waals surface area contributed by atoms with E-state index in [1.807, 2.05) is 0 Å². The van der Waals surface area contributed by atoms with Crippen molar-refractivity contribution in [1.29, 1.82) is 0 Å². The van der Waals surface area contributed by atoms with Gasteiger partial charge in [-0.25, -0.2) is 13.9 Å². The second-order valence-corrected chi connectivity index (χ2v) is 2.88. The maximum atomic E-state index is 13.2. The Morgan fingerprint density at radius 3 is 2.56 bits per heavy atom. The van der Waals surface area contributed by atoms with Crippen LogP contribution >= 0.6 is 0 Å². The number of benzene rings is 1. The second kappa shape index (κ2) is 4.05. The van der Waals surface area contributed by atoms with E-state index in [9.17, 15) is 13.6 Å². The lowest BCUT2D eigenvalue weighted by Gasteiger charge is -2.03. The van der Waals surface area contributed by atoms with Crippen LogP contribution in [0.25, 0.3) is 0 Å². The molecule has 7 heteroatoms. The second-order valence-electron chi connectivity index (χ2n) is 2.88. The highest BCUT2D eigenvalue weighted by Gasteiger charge is 2.17. The van der Waals surface area contributed by atoms with Crippen LogP contribution in [0.4, 0.5) is 14.7 Å². The first kappa shape index (κ1) is 10.2. The van der Waals surface area contributed by atoms with Crippen molar-refractivity contribution in [1.82, 2.24) is 15.2 Å². The van der Waals surface area contributed by atoms with Crippen LogP contribution in [-0.2, 0) is 0 Å². The monoisotopic (exact) mass is 224 g/mol. The van der Waals surface area contributed by atoms with Crippen molar-refractivity contribution in [3.63, 3.8) is 0 Å². The lowest BCUT2D eigenvalue weighted by atomic mass is 10.2. The third kappa shape index (κ3) is 1.88. The van der Waals surface area contributed by atoms with Crippen LogP contribution in [0, 0.1) is 11.6 Å². The summed E-state index contributed by atoms with van der Waals surface area (Å²) in [5.41, 5.74) is -0.654. The third-order valence-electron chi connectivity index (χ3n) is 1.84. The highest BCUT2D eigenvalue weighted by Crippen LogP contribution is 2.13. The van der Waals surface area contributed by atoms with Crippen molar-refractivity contribution in [3.8, 4) is 0 Å². The molecule has 1 amide bonds. The summed E-state index contributed by atoms with van der Waals surface area (Å²) in [5, 5.41) is 7.99. The molecule has 2 rings (SSSR count). The third-order valence-corrected chi connectivity index (χ3v) is 1.84. The number of aromatic nitrogens is 3. The SMILES string of the molecule is O=C(Nc1ncn[nH]1)c1c(F)cccc1F. The minimum absolute atomic E-state index is 0.0210. The number of H-pyrrole nitrogens is 1. The van der Waals surface area contributed by atoms with Gasteiger partial charge < -0.3 is 0 Å². The molecule has 0 aliphatic heterocycles. The number of amides is 1. The van der Waals surface area contributed by atoms with E-state index >= 15 is 0 Å². The molecule has 0 aliphatic rings. The van der Waals surface area contributed by atoms with E-state index in [4.69, 9.17) is 0 Å². The zero-order valence-electron chi connectivity index (χ0n) is 7.87. The molecule has 0 unspecified atom stereocenters. The molecule has 0 spiro atoms. The molecule has 0 bridgehead atoms. The van der Waals surface area contributed by atoms with Crippen molar-refractivity contribution in [2.75, 3.05) is 5.32 Å². The first-order valence-corrected chi connectivity index (χ1v) is 4.29. The fraction of sp³-hybridized carbons (Fsp3) is 0. The van der Waals surface area contributed by atoms with Gasteiger partial charge in [0.1, 0.15) is 23.5 Å². The molecule has 0 radical (unpaired) electrons. The van der Waals surface area contributed by atoms with Crippen LogP contribution in [0.15, 0.2) is 24.5 Å². The van der Waals surface area contributed by atoms with E-state index in [1.54, 1.807) is 0 Å². The van der Waals surface area contributed by atoms with E-state index in [0.29, 0.717) is 0 Å². The van der Waals surface area contributed by atoms with Gasteiger partial charge in [-0.1, -0.05) is 6.07 Å². The summed E-state index contributed by atoms with van der Waals surface area (Å²) in [7, 11) is 0. The Kier molecular flexibility index (Phi) is 2.59. The van der Waals surface area contributed by atoms with Gasteiger partial charge in [-0.3, -0.25) is 10.1 Å². The zero-order valence-corrected chi connectivity index (χ0v) is 7.87. The van der Waals surface area contributed by atoms with Crippen molar-refractivity contribution in [3.05, 3.63) is 41.7 Å². The van der Waals surface area contributed by atoms with Crippen LogP contribution in [0.3, 0.4) is 0 Å². The van der Waals surface area contributed by atoms with E-state index in [2.05, 4.69) is 20.5 Å². The lowest BCUT2D eigenvalue weighted by molar-refractivity contribution is 0.101. The molecule has 0 fully saturated rings. The molecule has 2 aromatic rings. The Morgan fingerprint density at radius 2 is 2.00 bits per heavy atom. The summed E-state index contributed by atoms with van der Waals surface area (Å²) >= 11 is 0. The van der Waals surface area contributed by atoms with Crippen molar-refractivity contribution in [2.24, 2.45) is 0 Å². The van der Waals surface area contributed by atoms with Crippen LogP contribution < -0.4 is 5.32 Å². The topological polar surface area (TPSA) is 70.7 Å². The van der Waals surface area contributed by atoms with E-state index in [-0.39, 0.29) is 5.95 Å². The number of anilines is 1. The maximum Gasteiger partial charge on any atom is 0.263 e. The minimum atomic E-state index is -0.933. The van der Waals surface area contributed by atoms with Gasteiger partial charge in [-0.15, -0.1) is 0 Å². The molecule has 0 aliphatic carbocycles. The molecule has 5 nitrogen and oxygen atoms in total. The van der Waals surface area contributed by atoms with Gasteiger partial charge in [-0.2, -0.15) is 10.1 Å². The zero-order chi connectivity index (χ0) is 11.5. The number of halogens is 2. The molecular formula is C9H6F2N4O. The Labute approximate surface area is 88.5 Å². The Hall–Kier alpha value is -2.31. The quantitative estimate of drug-likeness (QED) is 0.808. The van der Waals surface area contributed by atoms with Crippen molar-refractivity contribution >= 4 is 11.9 Å². The molecule has 2 N–H and O–H groups in total. The van der Waals surface area contributed by atoms with Crippen molar-refractivity contribution < 1.29 is 13.6 Å². The van der Waals surface area contributed by atoms with Crippen LogP contribution in [0.5, 0.6) is 0 Å². The Balaban J connectivity index is 2.28. The predicted octanol–water partition coefficient (Wildman–Crippen LogP) is 1.34. The predicted molar refractivity (Wildman–Crippen MR) is 50.7 cm³/mol. The highest BCUT2D eigenvalue weighted by atomic mass is 19.1. The van der Waals surface area contributed by atoms with Gasteiger partial charge >= 0.3 is 0 Å². The standard InChI is InChI=1S/C9H6F2N4O/c10-5-2-1-3-6(11)7(5)8(16)14-9-12-4-13-15-9/h1-4H,(H2,12,13,14,15,16). The molecule has 1 aromatic carbocycles. The average molecular weight is 224 g/mol. The number of nitrogens with one attached hydrogen (secondary N) is 2. The molecule has 1 aromatic heterocycles. The first-order chi connectivity index (χ1) is 7.68. The van der Waals surface area contributed by atoms with Gasteiger partial charge in [0, 0.05) is 0 Å². The number of carbonyl (C=O) groups is 1. The van der Waals surface area contributed by atoms with Gasteiger partial charge in [0.25, 0.3) is 5.91 Å². The number of nitrogens with zero attached hydrogens (tertiary/aromatic N) is 2. The molecule has 0 saturated heterocycles. The van der Waals surface area contributed by atoms with E-state index < -0.39 is 23.1 Å². The Morgan fingerprint density at radius 1 is 1.31 bits per heavy atom. The molecule has 1 heterocycles. The molecule has 82 valence electrons. The fourth-order valence-electron chi connectivity index (χ4n) is 1.15. The number of carbonyl (C=O) groups excluding carboxylic acids is 1. The lowest BCUT2D eigenvalue weighted by Crippen LogP contribution is -2.16. The summed E-state index contributed by atoms with van der Waals surface area (Å²) in [6.45, 7) is 0. The van der Waals surface area contributed by atoms with Gasteiger partial charge in [0.15, 0.2) is 0 Å². The first-order valence-electron chi connectivity index (χ1n) is 4.29. The molecular weight excluding hydrogens is 218 g/mol. The smallest absolute Gasteiger partial charge is 0.263 e. The minimum Gasteiger partial charge on any atom is -0.291 e. The van der Waals surface area contributed by atoms with Gasteiger partial charge in [-0.05, 0) is 12.1 Å². The largest absolute Gasteiger partial charge is 0.291 e. The molecule has 16 heavy (non-hydrogen) atoms. The Bertz CT molecular complexity index is 492. The van der Waals surface area contributed by atoms with E-state index in [0.717, 1.165) is 18.5 Å². The summed E-state index contributed by atoms with van der Waals surface area (Å²) in [5.74, 6) is -2.77. The summed E-state index contributed by atoms with van der Waals surface area (Å²) < 4.78 is 26.4. The number of rotatable bonds is 2. The number of aromatic amines is 1. The van der Waals surface area contributed by atoms with Crippen LogP contribution in [-0.4, -0.2) is 21.1 Å². The van der Waals surface area contributed by atoms with Gasteiger partial charge in [0.05, 0.1) is 0 Å². The highest BCUT2D eigenvalue weighted by molar-refractivity contribution is 6.03. The van der Waals surface area contributed by atoms with Crippen LogP contribution in [0.2, 0.25) is 0 Å². The summed E-state index contributed by atoms with van der Waals surface area (Å²) in [6.07, 6.45) is 1.16. The average Bonchev–Trinajstić information content (AvgIpc) is 2.70. The summed E-state index contributed by atoms with van der Waals surface area (Å²) in [6, 6.07) is 3.17. The molecule has 0 saturated carbocycles. The fourth-order valence-corrected chi connectivity index (χ4v) is 1.15. The molecule has 0 atom stereocenters. The van der Waals surface area contributed by atoms with Crippen molar-refractivity contribution in [2.45, 2.75) is 0 Å². The number of hydrogen-bond donors (Lipinski definition) is 2. The number of hydrogen-bond acceptors (Lipinski definition) is 3. The maximum absolute atomic E-state index is 13.2. The summed E-state index contributed by atoms with van der Waals surface area (Å²) in [4.78, 5) is 15.1. The van der Waals surface area contributed by atoms with Gasteiger partial charge in [0.2, 0.25) is 5.95 Å². The van der Waals surface area contributed by atoms with Crippen LogP contribution in [0.1, 0.15) is 10.4 Å². The van der Waals surface area contributed by atoms with E-state index in [1.165, 1.54) is 6.07 Å².